The molecular weight excluding hydrogens is 236 g/mol. The summed E-state index contributed by atoms with van der Waals surface area (Å²) >= 11 is 0. The van der Waals surface area contributed by atoms with E-state index < -0.39 is 11.9 Å². The minimum absolute atomic E-state index is 0.481. The Morgan fingerprint density at radius 3 is 2.61 bits per heavy atom. The van der Waals surface area contributed by atoms with Crippen LogP contribution in [0.2, 0.25) is 0 Å². The maximum atomic E-state index is 9.10. The Labute approximate surface area is 105 Å². The van der Waals surface area contributed by atoms with Crippen LogP contribution in [-0.2, 0) is 16.0 Å². The number of aromatic nitrogens is 1. The molecule has 2 rings (SSSR count). The van der Waals surface area contributed by atoms with E-state index in [4.69, 9.17) is 19.8 Å². The van der Waals surface area contributed by atoms with Crippen LogP contribution in [0.15, 0.2) is 18.3 Å². The van der Waals surface area contributed by atoms with Crippen molar-refractivity contribution < 1.29 is 19.8 Å². The van der Waals surface area contributed by atoms with Crippen molar-refractivity contribution in [2.75, 3.05) is 7.05 Å². The van der Waals surface area contributed by atoms with Crippen molar-refractivity contribution in [2.45, 2.75) is 25.3 Å². The van der Waals surface area contributed by atoms with Gasteiger partial charge in [0.05, 0.1) is 5.69 Å². The average Bonchev–Trinajstić information content (AvgIpc) is 2.38. The fourth-order valence-corrected chi connectivity index (χ4v) is 1.89. The van der Waals surface area contributed by atoms with Crippen molar-refractivity contribution >= 4 is 11.9 Å². The van der Waals surface area contributed by atoms with Gasteiger partial charge >= 0.3 is 11.9 Å². The van der Waals surface area contributed by atoms with Gasteiger partial charge in [-0.1, -0.05) is 6.07 Å². The maximum absolute atomic E-state index is 9.10. The van der Waals surface area contributed by atoms with Gasteiger partial charge in [-0.3, -0.25) is 4.98 Å². The predicted molar refractivity (Wildman–Crippen MR) is 64.2 cm³/mol. The highest BCUT2D eigenvalue weighted by molar-refractivity contribution is 6.27. The molecule has 0 spiro atoms. The van der Waals surface area contributed by atoms with Crippen LogP contribution < -0.4 is 5.32 Å². The highest BCUT2D eigenvalue weighted by Crippen LogP contribution is 2.26. The van der Waals surface area contributed by atoms with E-state index >= 15 is 0 Å². The number of carboxylic acid groups (broad SMARTS) is 2. The SMILES string of the molecule is CN[C@H]1CCCc2cccnc21.O=C(O)C(=O)O. The molecule has 0 bridgehead atoms. The van der Waals surface area contributed by atoms with Crippen molar-refractivity contribution in [3.63, 3.8) is 0 Å². The Kier molecular flexibility index (Phi) is 5.26. The second-order valence-corrected chi connectivity index (χ2v) is 3.89. The molecule has 1 aliphatic rings. The number of carboxylic acids is 2. The van der Waals surface area contributed by atoms with Crippen LogP contribution in [0.5, 0.6) is 0 Å². The van der Waals surface area contributed by atoms with Gasteiger partial charge in [0, 0.05) is 12.2 Å². The van der Waals surface area contributed by atoms with Crippen LogP contribution >= 0.6 is 0 Å². The molecule has 1 aliphatic carbocycles. The van der Waals surface area contributed by atoms with Crippen LogP contribution in [0.3, 0.4) is 0 Å². The lowest BCUT2D eigenvalue weighted by Gasteiger charge is -2.23. The van der Waals surface area contributed by atoms with Gasteiger partial charge in [-0.25, -0.2) is 9.59 Å². The number of nitrogens with zero attached hydrogens (tertiary/aromatic N) is 1. The quantitative estimate of drug-likeness (QED) is 0.640. The Morgan fingerprint density at radius 2 is 2.06 bits per heavy atom. The Morgan fingerprint density at radius 1 is 1.39 bits per heavy atom. The van der Waals surface area contributed by atoms with Gasteiger partial charge < -0.3 is 15.5 Å². The van der Waals surface area contributed by atoms with Crippen LogP contribution in [0.25, 0.3) is 0 Å². The molecule has 1 aromatic heterocycles. The normalized spacial score (nSPS) is 17.1. The first-order chi connectivity index (χ1) is 8.56. The van der Waals surface area contributed by atoms with Crippen molar-refractivity contribution in [1.29, 1.82) is 0 Å². The monoisotopic (exact) mass is 252 g/mol. The first-order valence-electron chi connectivity index (χ1n) is 5.63. The fourth-order valence-electron chi connectivity index (χ4n) is 1.89. The van der Waals surface area contributed by atoms with Crippen molar-refractivity contribution in [2.24, 2.45) is 0 Å². The zero-order valence-corrected chi connectivity index (χ0v) is 10.1. The molecule has 3 N–H and O–H groups in total. The van der Waals surface area contributed by atoms with Crippen LogP contribution in [0.4, 0.5) is 0 Å². The highest BCUT2D eigenvalue weighted by Gasteiger charge is 2.18. The number of hydrogen-bond acceptors (Lipinski definition) is 4. The van der Waals surface area contributed by atoms with E-state index in [1.165, 1.54) is 30.5 Å². The summed E-state index contributed by atoms with van der Waals surface area (Å²) in [5.41, 5.74) is 2.68. The minimum atomic E-state index is -1.82. The van der Waals surface area contributed by atoms with Gasteiger partial charge in [0.2, 0.25) is 0 Å². The number of aryl methyl sites for hydroxylation is 1. The van der Waals surface area contributed by atoms with Gasteiger partial charge in [-0.2, -0.15) is 0 Å². The largest absolute Gasteiger partial charge is 0.473 e. The number of fused-ring (bicyclic) bond motifs is 1. The molecule has 18 heavy (non-hydrogen) atoms. The summed E-state index contributed by atoms with van der Waals surface area (Å²) in [5.74, 6) is -3.65. The molecule has 0 aliphatic heterocycles. The summed E-state index contributed by atoms with van der Waals surface area (Å²) in [4.78, 5) is 22.6. The molecule has 1 atom stereocenters. The van der Waals surface area contributed by atoms with Gasteiger partial charge in [0.15, 0.2) is 0 Å². The Bertz CT molecular complexity index is 422. The third kappa shape index (κ3) is 3.81. The van der Waals surface area contributed by atoms with E-state index in [2.05, 4.69) is 16.4 Å². The van der Waals surface area contributed by atoms with E-state index in [1.807, 2.05) is 19.3 Å². The molecule has 98 valence electrons. The second kappa shape index (κ2) is 6.70. The van der Waals surface area contributed by atoms with Gasteiger partial charge in [-0.15, -0.1) is 0 Å². The average molecular weight is 252 g/mol. The number of nitrogens with one attached hydrogen (secondary N) is 1. The van der Waals surface area contributed by atoms with Crippen molar-refractivity contribution in [3.8, 4) is 0 Å². The molecule has 0 unspecified atom stereocenters. The summed E-state index contributed by atoms with van der Waals surface area (Å²) < 4.78 is 0. The lowest BCUT2D eigenvalue weighted by molar-refractivity contribution is -0.159. The van der Waals surface area contributed by atoms with E-state index in [-0.39, 0.29) is 0 Å². The summed E-state index contributed by atoms with van der Waals surface area (Å²) in [7, 11) is 2.01. The number of hydrogen-bond donors (Lipinski definition) is 3. The van der Waals surface area contributed by atoms with E-state index in [9.17, 15) is 0 Å². The molecule has 0 amide bonds. The zero-order chi connectivity index (χ0) is 13.5. The second-order valence-electron chi connectivity index (χ2n) is 3.89. The molecule has 6 heteroatoms. The molecule has 0 radical (unpaired) electrons. The van der Waals surface area contributed by atoms with Crippen molar-refractivity contribution in [1.82, 2.24) is 10.3 Å². The fraction of sp³-hybridized carbons (Fsp3) is 0.417. The lowest BCUT2D eigenvalue weighted by atomic mass is 9.92. The van der Waals surface area contributed by atoms with Crippen LogP contribution in [0, 0.1) is 0 Å². The van der Waals surface area contributed by atoms with Crippen molar-refractivity contribution in [3.05, 3.63) is 29.6 Å². The Balaban J connectivity index is 0.000000232. The number of pyridine rings is 1. The molecule has 0 saturated heterocycles. The third-order valence-electron chi connectivity index (χ3n) is 2.73. The topological polar surface area (TPSA) is 99.5 Å². The van der Waals surface area contributed by atoms with Gasteiger partial charge in [0.25, 0.3) is 0 Å². The predicted octanol–water partition coefficient (Wildman–Crippen LogP) is 0.834. The maximum Gasteiger partial charge on any atom is 0.414 e. The van der Waals surface area contributed by atoms with Crippen LogP contribution in [0.1, 0.15) is 30.1 Å². The summed E-state index contributed by atoms with van der Waals surface area (Å²) in [6.45, 7) is 0. The van der Waals surface area contributed by atoms with Crippen LogP contribution in [-0.4, -0.2) is 34.2 Å². The Hall–Kier alpha value is -1.95. The standard InChI is InChI=1S/C10H14N2.C2H2O4/c1-11-9-6-2-4-8-5-3-7-12-10(8)9;3-1(4)2(5)6/h3,5,7,9,11H,2,4,6H2,1H3;(H,3,4)(H,5,6)/t9-;/m0./s1. The number of aliphatic carboxylic acids is 2. The molecule has 6 nitrogen and oxygen atoms in total. The third-order valence-corrected chi connectivity index (χ3v) is 2.73. The smallest absolute Gasteiger partial charge is 0.414 e. The van der Waals surface area contributed by atoms with Gasteiger partial charge in [-0.05, 0) is 37.9 Å². The summed E-state index contributed by atoms with van der Waals surface area (Å²) in [5, 5.41) is 18.1. The molecule has 0 saturated carbocycles. The summed E-state index contributed by atoms with van der Waals surface area (Å²) in [6, 6.07) is 4.69. The van der Waals surface area contributed by atoms with E-state index in [1.54, 1.807) is 0 Å². The van der Waals surface area contributed by atoms with E-state index in [0.717, 1.165) is 0 Å². The summed E-state index contributed by atoms with van der Waals surface area (Å²) in [6.07, 6.45) is 5.58. The molecular formula is C12H16N2O4. The molecule has 0 aromatic carbocycles. The highest BCUT2D eigenvalue weighted by atomic mass is 16.4. The zero-order valence-electron chi connectivity index (χ0n) is 10.1. The van der Waals surface area contributed by atoms with E-state index in [0.29, 0.717) is 6.04 Å². The first kappa shape index (κ1) is 14.1. The molecule has 1 heterocycles. The molecule has 1 aromatic rings. The lowest BCUT2D eigenvalue weighted by Crippen LogP contribution is -2.22. The molecule has 0 fully saturated rings. The first-order valence-corrected chi connectivity index (χ1v) is 5.63. The minimum Gasteiger partial charge on any atom is -0.473 e. The number of rotatable bonds is 1. The number of carbonyl (C=O) groups is 2. The van der Waals surface area contributed by atoms with Gasteiger partial charge in [0.1, 0.15) is 0 Å².